The van der Waals surface area contributed by atoms with Crippen LogP contribution in [0.25, 0.3) is 0 Å². The van der Waals surface area contributed by atoms with Gasteiger partial charge in [0.1, 0.15) is 0 Å². The van der Waals surface area contributed by atoms with E-state index in [2.05, 4.69) is 22.4 Å². The summed E-state index contributed by atoms with van der Waals surface area (Å²) >= 11 is 0. The quantitative estimate of drug-likeness (QED) is 0.366. The number of aliphatic imine (C=N–C) groups is 1. The highest BCUT2D eigenvalue weighted by molar-refractivity contribution is 14.0. The van der Waals surface area contributed by atoms with Crippen molar-refractivity contribution in [1.82, 2.24) is 10.2 Å². The number of rotatable bonds is 6. The number of halogens is 1. The van der Waals surface area contributed by atoms with Gasteiger partial charge in [-0.15, -0.1) is 24.0 Å². The molecule has 1 heterocycles. The van der Waals surface area contributed by atoms with E-state index >= 15 is 0 Å². The maximum Gasteiger partial charge on any atom is 0.236 e. The fraction of sp³-hybridized carbons (Fsp3) is 0.350. The summed E-state index contributed by atoms with van der Waals surface area (Å²) in [6, 6.07) is 17.8. The van der Waals surface area contributed by atoms with E-state index in [1.807, 2.05) is 54.4 Å². The highest BCUT2D eigenvalue weighted by Crippen LogP contribution is 2.29. The maximum absolute atomic E-state index is 12.8. The Labute approximate surface area is 184 Å². The number of sulfonamides is 1. The Balaban J connectivity index is 0.00000280. The van der Waals surface area contributed by atoms with Crippen LogP contribution in [0.4, 0.5) is 5.69 Å². The van der Waals surface area contributed by atoms with E-state index < -0.39 is 10.0 Å². The molecule has 2 aromatic carbocycles. The van der Waals surface area contributed by atoms with E-state index in [0.29, 0.717) is 25.6 Å². The Morgan fingerprint density at radius 1 is 1.14 bits per heavy atom. The van der Waals surface area contributed by atoms with E-state index in [-0.39, 0.29) is 29.7 Å². The zero-order valence-corrected chi connectivity index (χ0v) is 19.4. The number of anilines is 1. The number of nitrogens with zero attached hydrogens (tertiary/aromatic N) is 3. The predicted octanol–water partition coefficient (Wildman–Crippen LogP) is 2.70. The van der Waals surface area contributed by atoms with Crippen LogP contribution in [0.2, 0.25) is 0 Å². The largest absolute Gasteiger partial charge is 0.355 e. The lowest BCUT2D eigenvalue weighted by atomic mass is 10.2. The van der Waals surface area contributed by atoms with Gasteiger partial charge in [0.05, 0.1) is 11.4 Å². The van der Waals surface area contributed by atoms with Crippen LogP contribution in [-0.4, -0.2) is 52.2 Å². The molecule has 28 heavy (non-hydrogen) atoms. The molecule has 1 aliphatic heterocycles. The van der Waals surface area contributed by atoms with Crippen LogP contribution in [-0.2, 0) is 23.0 Å². The first-order valence-electron chi connectivity index (χ1n) is 9.05. The van der Waals surface area contributed by atoms with Gasteiger partial charge in [-0.3, -0.25) is 9.30 Å². The van der Waals surface area contributed by atoms with Gasteiger partial charge >= 0.3 is 0 Å². The minimum atomic E-state index is -3.36. The average Bonchev–Trinajstić information content (AvgIpc) is 3.11. The van der Waals surface area contributed by atoms with Crippen LogP contribution < -0.4 is 9.62 Å². The van der Waals surface area contributed by atoms with Crippen molar-refractivity contribution in [3.8, 4) is 0 Å². The predicted molar refractivity (Wildman–Crippen MR) is 126 cm³/mol. The van der Waals surface area contributed by atoms with Gasteiger partial charge in [-0.05, 0) is 23.6 Å². The summed E-state index contributed by atoms with van der Waals surface area (Å²) in [5.41, 5.74) is 3.07. The number of guanidine groups is 1. The van der Waals surface area contributed by atoms with Gasteiger partial charge in [-0.2, -0.15) is 0 Å². The smallest absolute Gasteiger partial charge is 0.236 e. The Bertz CT molecular complexity index is 903. The van der Waals surface area contributed by atoms with Crippen LogP contribution in [0.5, 0.6) is 0 Å². The summed E-state index contributed by atoms with van der Waals surface area (Å²) < 4.78 is 27.0. The molecule has 8 heteroatoms. The molecular weight excluding hydrogens is 487 g/mol. The van der Waals surface area contributed by atoms with Crippen molar-refractivity contribution in [2.45, 2.75) is 13.0 Å². The lowest BCUT2D eigenvalue weighted by Gasteiger charge is -2.23. The molecule has 6 nitrogen and oxygen atoms in total. The summed E-state index contributed by atoms with van der Waals surface area (Å²) in [4.78, 5) is 6.24. The Morgan fingerprint density at radius 2 is 1.82 bits per heavy atom. The molecule has 0 bridgehead atoms. The Hall–Kier alpha value is -1.81. The Kier molecular flexibility index (Phi) is 8.11. The van der Waals surface area contributed by atoms with E-state index in [1.165, 1.54) is 9.87 Å². The summed E-state index contributed by atoms with van der Waals surface area (Å²) in [5, 5.41) is 3.16. The van der Waals surface area contributed by atoms with Gasteiger partial charge < -0.3 is 10.2 Å². The molecule has 0 spiro atoms. The third kappa shape index (κ3) is 5.38. The molecule has 0 atom stereocenters. The molecule has 0 aromatic heterocycles. The van der Waals surface area contributed by atoms with Gasteiger partial charge in [0.25, 0.3) is 0 Å². The van der Waals surface area contributed by atoms with E-state index in [1.54, 1.807) is 7.05 Å². The lowest BCUT2D eigenvalue weighted by Crippen LogP contribution is -2.42. The molecule has 0 aliphatic carbocycles. The summed E-state index contributed by atoms with van der Waals surface area (Å²) in [5.74, 6) is 0.704. The summed E-state index contributed by atoms with van der Waals surface area (Å²) in [6.45, 7) is 1.53. The SMILES string of the molecule is CN=C(NCCS(=O)(=O)N1CCc2ccccc21)N(C)Cc1ccccc1.I. The van der Waals surface area contributed by atoms with E-state index in [4.69, 9.17) is 0 Å². The van der Waals surface area contributed by atoms with Gasteiger partial charge in [0.2, 0.25) is 10.0 Å². The minimum Gasteiger partial charge on any atom is -0.355 e. The van der Waals surface area contributed by atoms with Crippen molar-refractivity contribution in [1.29, 1.82) is 0 Å². The third-order valence-electron chi connectivity index (χ3n) is 4.66. The normalized spacial score (nSPS) is 13.6. The third-order valence-corrected chi connectivity index (χ3v) is 6.43. The number of fused-ring (bicyclic) bond motifs is 1. The van der Waals surface area contributed by atoms with Crippen molar-refractivity contribution in [2.24, 2.45) is 4.99 Å². The molecule has 152 valence electrons. The maximum atomic E-state index is 12.8. The molecule has 0 amide bonds. The minimum absolute atomic E-state index is 0. The van der Waals surface area contributed by atoms with Crippen LogP contribution in [0.1, 0.15) is 11.1 Å². The molecule has 1 N–H and O–H groups in total. The standard InChI is InChI=1S/C20H26N4O2S.HI/c1-21-20(23(2)16-17-8-4-3-5-9-17)22-13-15-27(25,26)24-14-12-18-10-6-7-11-19(18)24;/h3-11H,12-16H2,1-2H3,(H,21,22);1H. The van der Waals surface area contributed by atoms with Crippen molar-refractivity contribution in [3.05, 3.63) is 65.7 Å². The average molecular weight is 514 g/mol. The first-order valence-corrected chi connectivity index (χ1v) is 10.7. The van der Waals surface area contributed by atoms with Crippen LogP contribution >= 0.6 is 24.0 Å². The second-order valence-corrected chi connectivity index (χ2v) is 8.60. The number of hydrogen-bond acceptors (Lipinski definition) is 3. The van der Waals surface area contributed by atoms with E-state index in [0.717, 1.165) is 17.7 Å². The first kappa shape index (κ1) is 22.5. The second-order valence-electron chi connectivity index (χ2n) is 6.58. The van der Waals surface area contributed by atoms with Gasteiger partial charge in [0, 0.05) is 33.7 Å². The second kappa shape index (κ2) is 10.1. The lowest BCUT2D eigenvalue weighted by molar-refractivity contribution is 0.478. The van der Waals surface area contributed by atoms with Gasteiger partial charge in [-0.25, -0.2) is 8.42 Å². The molecule has 0 unspecified atom stereocenters. The molecule has 0 saturated carbocycles. The topological polar surface area (TPSA) is 65.0 Å². The van der Waals surface area contributed by atoms with Gasteiger partial charge in [0.15, 0.2) is 5.96 Å². The monoisotopic (exact) mass is 514 g/mol. The zero-order chi connectivity index (χ0) is 19.3. The Morgan fingerprint density at radius 3 is 2.54 bits per heavy atom. The number of hydrogen-bond donors (Lipinski definition) is 1. The number of nitrogens with one attached hydrogen (secondary N) is 1. The highest BCUT2D eigenvalue weighted by Gasteiger charge is 2.28. The highest BCUT2D eigenvalue weighted by atomic mass is 127. The molecule has 2 aromatic rings. The van der Waals surface area contributed by atoms with Crippen LogP contribution in [0, 0.1) is 0 Å². The van der Waals surface area contributed by atoms with Crippen molar-refractivity contribution < 1.29 is 8.42 Å². The summed E-state index contributed by atoms with van der Waals surface area (Å²) in [7, 11) is 0.277. The number of benzene rings is 2. The van der Waals surface area contributed by atoms with Crippen LogP contribution in [0.3, 0.4) is 0 Å². The molecule has 0 radical (unpaired) electrons. The fourth-order valence-electron chi connectivity index (χ4n) is 3.32. The molecule has 0 fully saturated rings. The van der Waals surface area contributed by atoms with Crippen LogP contribution in [0.15, 0.2) is 59.6 Å². The zero-order valence-electron chi connectivity index (χ0n) is 16.2. The van der Waals surface area contributed by atoms with Crippen molar-refractivity contribution in [2.75, 3.05) is 37.2 Å². The molecule has 0 saturated heterocycles. The number of para-hydroxylation sites is 1. The molecular formula is C20H27IN4O2S. The van der Waals surface area contributed by atoms with Crippen molar-refractivity contribution in [3.63, 3.8) is 0 Å². The molecule has 3 rings (SSSR count). The molecule has 1 aliphatic rings. The summed E-state index contributed by atoms with van der Waals surface area (Å²) in [6.07, 6.45) is 0.768. The van der Waals surface area contributed by atoms with Crippen molar-refractivity contribution >= 4 is 45.6 Å². The first-order chi connectivity index (χ1) is 13.0. The van der Waals surface area contributed by atoms with E-state index in [9.17, 15) is 8.42 Å². The van der Waals surface area contributed by atoms with Gasteiger partial charge in [-0.1, -0.05) is 48.5 Å². The fourth-order valence-corrected chi connectivity index (χ4v) is 4.74.